The zero-order valence-electron chi connectivity index (χ0n) is 13.4. The lowest BCUT2D eigenvalue weighted by Crippen LogP contribution is -2.26. The van der Waals surface area contributed by atoms with E-state index in [-0.39, 0.29) is 7.52 Å². The molecular weight excluding hydrogens is 288 g/mol. The molecule has 4 heteroatoms. The van der Waals surface area contributed by atoms with Gasteiger partial charge in [0.25, 0.3) is 0 Å². The van der Waals surface area contributed by atoms with Gasteiger partial charge in [0.1, 0.15) is 6.61 Å². The minimum absolute atomic E-state index is 0. The average Bonchev–Trinajstić information content (AvgIpc) is 2.90. The van der Waals surface area contributed by atoms with Crippen molar-refractivity contribution in [2.45, 2.75) is 26.3 Å². The third kappa shape index (κ3) is 3.31. The number of ether oxygens (including phenoxy) is 1. The highest BCUT2D eigenvalue weighted by Crippen LogP contribution is 2.28. The van der Waals surface area contributed by atoms with Gasteiger partial charge in [-0.05, 0) is 18.6 Å². The third-order valence-electron chi connectivity index (χ3n) is 4.03. The molecule has 0 aliphatic heterocycles. The molecule has 2 aromatic carbocycles. The van der Waals surface area contributed by atoms with Crippen molar-refractivity contribution < 1.29 is 11.0 Å². The van der Waals surface area contributed by atoms with Gasteiger partial charge in [0.05, 0.1) is 6.54 Å². The first-order valence-corrected chi connectivity index (χ1v) is 8.18. The highest BCUT2D eigenvalue weighted by molar-refractivity contribution is 6.07. The normalized spacial score (nSPS) is 11.0. The fourth-order valence-electron chi connectivity index (χ4n) is 2.89. The number of carbonyl (C=O) groups is 1. The number of unbranched alkanes of at least 4 members (excludes halogenated alkanes) is 1. The van der Waals surface area contributed by atoms with Crippen LogP contribution in [0.1, 0.15) is 21.2 Å². The second kappa shape index (κ2) is 7.18. The lowest BCUT2D eigenvalue weighted by Gasteiger charge is -2.09. The largest absolute Gasteiger partial charge is 0.448 e. The minimum Gasteiger partial charge on any atom is -0.448 e. The number of fused-ring (bicyclic) bond motifs is 3. The first kappa shape index (κ1) is 15.4. The molecule has 0 aliphatic carbocycles. The van der Waals surface area contributed by atoms with Crippen LogP contribution in [0.15, 0.2) is 48.5 Å². The average molecular weight is 312 g/mol. The number of nitrogens with zero attached hydrogens (tertiary/aromatic N) is 1. The topological polar surface area (TPSA) is 43.3 Å². The predicted octanol–water partition coefficient (Wildman–Crippen LogP) is 4.57. The number of carbonyl (C=O) groups excluding carboxylic acids is 1. The van der Waals surface area contributed by atoms with Crippen LogP contribution in [0.5, 0.6) is 0 Å². The van der Waals surface area contributed by atoms with Crippen LogP contribution in [-0.4, -0.2) is 23.8 Å². The van der Waals surface area contributed by atoms with E-state index in [1.165, 1.54) is 21.8 Å². The van der Waals surface area contributed by atoms with Crippen LogP contribution in [0.3, 0.4) is 0 Å². The molecule has 0 bridgehead atoms. The third-order valence-corrected chi connectivity index (χ3v) is 4.03. The Balaban J connectivity index is 0.00000208. The molecule has 0 fully saturated rings. The van der Waals surface area contributed by atoms with E-state index in [9.17, 15) is 4.79 Å². The summed E-state index contributed by atoms with van der Waals surface area (Å²) in [6.07, 6.45) is 1.70. The monoisotopic (exact) mass is 312 g/mol. The Morgan fingerprint density at radius 1 is 1.09 bits per heavy atom. The minimum atomic E-state index is -0.334. The maximum atomic E-state index is 11.6. The van der Waals surface area contributed by atoms with E-state index in [1.54, 1.807) is 0 Å². The predicted molar refractivity (Wildman–Crippen MR) is 95.8 cm³/mol. The molecule has 23 heavy (non-hydrogen) atoms. The van der Waals surface area contributed by atoms with Gasteiger partial charge in [0.2, 0.25) is 0 Å². The lowest BCUT2D eigenvalue weighted by atomic mass is 10.2. The first-order valence-electron chi connectivity index (χ1n) is 8.18. The van der Waals surface area contributed by atoms with Gasteiger partial charge < -0.3 is 14.6 Å². The van der Waals surface area contributed by atoms with Crippen molar-refractivity contribution in [1.82, 2.24) is 9.88 Å². The van der Waals surface area contributed by atoms with Gasteiger partial charge in [0, 0.05) is 29.8 Å². The van der Waals surface area contributed by atoms with Crippen molar-refractivity contribution in [3.05, 3.63) is 48.5 Å². The molecule has 0 atom stereocenters. The second-order valence-electron chi connectivity index (χ2n) is 5.60. The number of hydrogen-bond acceptors (Lipinski definition) is 2. The van der Waals surface area contributed by atoms with Crippen molar-refractivity contribution in [2.24, 2.45) is 0 Å². The maximum Gasteiger partial charge on any atom is 0.407 e. The molecule has 1 heterocycles. The van der Waals surface area contributed by atoms with Crippen molar-refractivity contribution in [3.8, 4) is 0 Å². The smallest absolute Gasteiger partial charge is 0.407 e. The molecule has 1 aromatic heterocycles. The molecule has 0 saturated heterocycles. The Hall–Kier alpha value is -2.49. The summed E-state index contributed by atoms with van der Waals surface area (Å²) in [5.74, 6) is 0. The summed E-state index contributed by atoms with van der Waals surface area (Å²) in [4.78, 5) is 11.6. The molecular formula is C19H24N2O2. The molecule has 3 rings (SSSR count). The number of benzene rings is 2. The van der Waals surface area contributed by atoms with Gasteiger partial charge in [-0.1, -0.05) is 49.7 Å². The first-order chi connectivity index (χ1) is 11.3. The highest BCUT2D eigenvalue weighted by atomic mass is 16.5. The summed E-state index contributed by atoms with van der Waals surface area (Å²) in [5.41, 5.74) is 2.34. The van der Waals surface area contributed by atoms with Crippen LogP contribution in [0.25, 0.3) is 21.8 Å². The van der Waals surface area contributed by atoms with E-state index in [1.807, 2.05) is 12.1 Å². The van der Waals surface area contributed by atoms with E-state index < -0.39 is 0 Å². The van der Waals surface area contributed by atoms with E-state index in [2.05, 4.69) is 53.2 Å². The number of para-hydroxylation sites is 2. The number of nitrogens with one attached hydrogen (secondary N) is 1. The van der Waals surface area contributed by atoms with Crippen molar-refractivity contribution in [2.75, 3.05) is 13.2 Å². The van der Waals surface area contributed by atoms with Crippen LogP contribution >= 0.6 is 0 Å². The van der Waals surface area contributed by atoms with Crippen LogP contribution in [0, 0.1) is 0 Å². The number of aromatic nitrogens is 1. The summed E-state index contributed by atoms with van der Waals surface area (Å²) in [5, 5.41) is 5.23. The maximum absolute atomic E-state index is 11.6. The van der Waals surface area contributed by atoms with E-state index >= 15 is 0 Å². The summed E-state index contributed by atoms with van der Waals surface area (Å²) >= 11 is 0. The van der Waals surface area contributed by atoms with Gasteiger partial charge in [-0.2, -0.15) is 0 Å². The fourth-order valence-corrected chi connectivity index (χ4v) is 2.89. The van der Waals surface area contributed by atoms with Gasteiger partial charge in [-0.15, -0.1) is 0 Å². The van der Waals surface area contributed by atoms with Crippen LogP contribution in [0.2, 0.25) is 0 Å². The Morgan fingerprint density at radius 2 is 1.70 bits per heavy atom. The molecule has 4 nitrogen and oxygen atoms in total. The van der Waals surface area contributed by atoms with E-state index in [0.717, 1.165) is 12.8 Å². The van der Waals surface area contributed by atoms with Gasteiger partial charge >= 0.3 is 6.09 Å². The Morgan fingerprint density at radius 3 is 2.30 bits per heavy atom. The van der Waals surface area contributed by atoms with Gasteiger partial charge in [-0.25, -0.2) is 4.79 Å². The number of amides is 1. The second-order valence-corrected chi connectivity index (χ2v) is 5.60. The van der Waals surface area contributed by atoms with E-state index in [4.69, 9.17) is 4.74 Å². The summed E-state index contributed by atoms with van der Waals surface area (Å²) < 4.78 is 7.50. The quantitative estimate of drug-likeness (QED) is 0.678. The highest BCUT2D eigenvalue weighted by Gasteiger charge is 2.10. The molecule has 0 saturated carbocycles. The standard InChI is InChI=1S/C19H22N2O2.H2/c1-2-3-12-20-19(22)23-14-13-21-17-10-6-4-8-15(17)16-9-5-7-11-18(16)21;/h4-11H,2-3,12-14H2,1H3,(H,20,22);1H. The number of rotatable bonds is 6. The van der Waals surface area contributed by atoms with E-state index in [0.29, 0.717) is 19.7 Å². The molecule has 122 valence electrons. The van der Waals surface area contributed by atoms with Crippen molar-refractivity contribution >= 4 is 27.9 Å². The van der Waals surface area contributed by atoms with Crippen molar-refractivity contribution in [3.63, 3.8) is 0 Å². The van der Waals surface area contributed by atoms with Crippen molar-refractivity contribution in [1.29, 1.82) is 0 Å². The molecule has 0 unspecified atom stereocenters. The molecule has 0 aliphatic rings. The molecule has 0 spiro atoms. The van der Waals surface area contributed by atoms with Crippen LogP contribution < -0.4 is 5.32 Å². The molecule has 1 amide bonds. The zero-order chi connectivity index (χ0) is 16.1. The molecule has 0 radical (unpaired) electrons. The van der Waals surface area contributed by atoms with Gasteiger partial charge in [-0.3, -0.25) is 0 Å². The zero-order valence-corrected chi connectivity index (χ0v) is 13.4. The van der Waals surface area contributed by atoms with Crippen LogP contribution in [-0.2, 0) is 11.3 Å². The SMILES string of the molecule is CCCCNC(=O)OCCn1c2ccccc2c2ccccc21.[HH]. The van der Waals surface area contributed by atoms with Gasteiger partial charge in [0.15, 0.2) is 0 Å². The molecule has 3 aromatic rings. The number of hydrogen-bond donors (Lipinski definition) is 1. The number of alkyl carbamates (subject to hydrolysis) is 1. The Labute approximate surface area is 137 Å². The molecule has 1 N–H and O–H groups in total. The summed E-state index contributed by atoms with van der Waals surface area (Å²) in [6.45, 7) is 3.77. The Kier molecular flexibility index (Phi) is 4.81. The summed E-state index contributed by atoms with van der Waals surface area (Å²) in [7, 11) is 0. The lowest BCUT2D eigenvalue weighted by molar-refractivity contribution is 0.142. The fraction of sp³-hybridized carbons (Fsp3) is 0.316. The van der Waals surface area contributed by atoms with Crippen LogP contribution in [0.4, 0.5) is 4.79 Å². The summed E-state index contributed by atoms with van der Waals surface area (Å²) in [6, 6.07) is 16.7. The Bertz CT molecular complexity index is 760.